The van der Waals surface area contributed by atoms with Gasteiger partial charge in [-0.2, -0.15) is 0 Å². The van der Waals surface area contributed by atoms with Gasteiger partial charge in [0, 0.05) is 17.7 Å². The van der Waals surface area contributed by atoms with Gasteiger partial charge in [0.25, 0.3) is 0 Å². The lowest BCUT2D eigenvalue weighted by Gasteiger charge is -2.27. The molecular formula is C23H37ClO3. The minimum Gasteiger partial charge on any atom is -0.481 e. The molecular weight excluding hydrogens is 360 g/mol. The third kappa shape index (κ3) is 6.94. The van der Waals surface area contributed by atoms with Gasteiger partial charge in [0.15, 0.2) is 0 Å². The highest BCUT2D eigenvalue weighted by atomic mass is 35.5. The minimum absolute atomic E-state index is 0.00938. The Balaban J connectivity index is 1.80. The van der Waals surface area contributed by atoms with Gasteiger partial charge in [-0.1, -0.05) is 50.5 Å². The lowest BCUT2D eigenvalue weighted by atomic mass is 9.79. The van der Waals surface area contributed by atoms with Crippen molar-refractivity contribution in [3.63, 3.8) is 0 Å². The first-order chi connectivity index (χ1) is 13.0. The van der Waals surface area contributed by atoms with E-state index in [0.717, 1.165) is 19.3 Å². The third-order valence-corrected chi connectivity index (χ3v) is 7.32. The second kappa shape index (κ2) is 11.3. The van der Waals surface area contributed by atoms with E-state index < -0.39 is 5.97 Å². The second-order valence-corrected chi connectivity index (χ2v) is 9.14. The fraction of sp³-hybridized carbons (Fsp3) is 0.783. The number of carboxylic acid groups (broad SMARTS) is 1. The molecule has 0 amide bonds. The molecule has 0 radical (unpaired) electrons. The van der Waals surface area contributed by atoms with Gasteiger partial charge in [0.1, 0.15) is 0 Å². The summed E-state index contributed by atoms with van der Waals surface area (Å²) in [5.41, 5.74) is 0.561. The molecule has 3 nitrogen and oxygen atoms in total. The Morgan fingerprint density at radius 2 is 1.93 bits per heavy atom. The molecule has 2 aliphatic rings. The van der Waals surface area contributed by atoms with Crippen molar-refractivity contribution in [3.05, 3.63) is 24.3 Å². The zero-order valence-corrected chi connectivity index (χ0v) is 17.5. The fourth-order valence-corrected chi connectivity index (χ4v) is 5.41. The molecule has 0 unspecified atom stereocenters. The summed E-state index contributed by atoms with van der Waals surface area (Å²) in [4.78, 5) is 10.5. The van der Waals surface area contributed by atoms with Gasteiger partial charge >= 0.3 is 5.97 Å². The van der Waals surface area contributed by atoms with Gasteiger partial charge in [-0.25, -0.2) is 0 Å². The number of aliphatic hydroxyl groups is 1. The van der Waals surface area contributed by atoms with Crippen LogP contribution in [0, 0.1) is 17.3 Å². The highest BCUT2D eigenvalue weighted by Gasteiger charge is 2.39. The quantitative estimate of drug-likeness (QED) is 0.252. The van der Waals surface area contributed by atoms with Crippen molar-refractivity contribution in [2.45, 2.75) is 95.5 Å². The number of alkyl halides is 1. The standard InChI is InChI=1S/C23H37ClO3/c1-2-23(15-9-10-16-23)14-8-7-12-19-18(20(24)17-21(19)25)11-5-3-4-6-13-22(26)27/h3,5,7,12,18-21,25H,2,4,6,8-11,13-17H2,1H3,(H,26,27)/t18-,19-,20-,21-/m1/s1. The molecule has 2 N–H and O–H groups in total. The molecule has 154 valence electrons. The van der Waals surface area contributed by atoms with Crippen LogP contribution in [0.2, 0.25) is 0 Å². The van der Waals surface area contributed by atoms with Gasteiger partial charge < -0.3 is 10.2 Å². The number of aliphatic carboxylic acids is 1. The average molecular weight is 397 g/mol. The third-order valence-electron chi connectivity index (χ3n) is 6.82. The molecule has 0 aromatic heterocycles. The van der Waals surface area contributed by atoms with Crippen molar-refractivity contribution in [3.8, 4) is 0 Å². The van der Waals surface area contributed by atoms with Crippen LogP contribution in [0.5, 0.6) is 0 Å². The number of unbranched alkanes of at least 4 members (excludes halogenated alkanes) is 1. The largest absolute Gasteiger partial charge is 0.481 e. The summed E-state index contributed by atoms with van der Waals surface area (Å²) in [6.45, 7) is 2.33. The van der Waals surface area contributed by atoms with Crippen molar-refractivity contribution in [2.75, 3.05) is 0 Å². The molecule has 0 aromatic carbocycles. The summed E-state index contributed by atoms with van der Waals surface area (Å²) in [7, 11) is 0. The van der Waals surface area contributed by atoms with Crippen molar-refractivity contribution in [2.24, 2.45) is 17.3 Å². The van der Waals surface area contributed by atoms with E-state index in [1.807, 2.05) is 0 Å². The van der Waals surface area contributed by atoms with Crippen LogP contribution >= 0.6 is 11.6 Å². The van der Waals surface area contributed by atoms with E-state index in [9.17, 15) is 9.90 Å². The van der Waals surface area contributed by atoms with Crippen LogP contribution in [0.25, 0.3) is 0 Å². The topological polar surface area (TPSA) is 57.5 Å². The van der Waals surface area contributed by atoms with E-state index in [4.69, 9.17) is 16.7 Å². The Morgan fingerprint density at radius 1 is 1.19 bits per heavy atom. The Labute approximate surface area is 169 Å². The second-order valence-electron chi connectivity index (χ2n) is 8.58. The zero-order valence-electron chi connectivity index (χ0n) is 16.8. The number of hydrogen-bond donors (Lipinski definition) is 2. The SMILES string of the molecule is CCC1(CCC=C[C@@H]2[C@@H](CC=CCCCC(=O)O)[C@H](Cl)C[C@H]2O)CCCC1. The van der Waals surface area contributed by atoms with Gasteiger partial charge in [0.05, 0.1) is 6.10 Å². The minimum atomic E-state index is -0.740. The normalized spacial score (nSPS) is 30.6. The molecule has 2 fully saturated rings. The number of carbonyl (C=O) groups is 1. The maximum atomic E-state index is 10.5. The number of halogens is 1. The maximum absolute atomic E-state index is 10.5. The van der Waals surface area contributed by atoms with E-state index >= 15 is 0 Å². The Hall–Kier alpha value is -0.800. The molecule has 0 aromatic rings. The molecule has 4 atom stereocenters. The van der Waals surface area contributed by atoms with Crippen LogP contribution in [0.3, 0.4) is 0 Å². The Morgan fingerprint density at radius 3 is 2.59 bits per heavy atom. The van der Waals surface area contributed by atoms with Crippen molar-refractivity contribution >= 4 is 17.6 Å². The van der Waals surface area contributed by atoms with E-state index in [-0.39, 0.29) is 29.7 Å². The predicted octanol–water partition coefficient (Wildman–Crippen LogP) is 6.10. The van der Waals surface area contributed by atoms with Gasteiger partial charge in [0.2, 0.25) is 0 Å². The first kappa shape index (κ1) is 22.5. The van der Waals surface area contributed by atoms with Crippen LogP contribution in [0.1, 0.15) is 84.0 Å². The van der Waals surface area contributed by atoms with Crippen molar-refractivity contribution in [1.82, 2.24) is 0 Å². The molecule has 2 aliphatic carbocycles. The molecule has 0 spiro atoms. The van der Waals surface area contributed by atoms with Gasteiger partial charge in [-0.3, -0.25) is 4.79 Å². The average Bonchev–Trinajstić information content (AvgIpc) is 3.20. The number of rotatable bonds is 11. The molecule has 0 aliphatic heterocycles. The van der Waals surface area contributed by atoms with E-state index in [1.54, 1.807) is 0 Å². The first-order valence-corrected chi connectivity index (χ1v) is 11.3. The lowest BCUT2D eigenvalue weighted by Crippen LogP contribution is -2.18. The van der Waals surface area contributed by atoms with Crippen LogP contribution in [0.15, 0.2) is 24.3 Å². The monoisotopic (exact) mass is 396 g/mol. The summed E-state index contributed by atoms with van der Waals surface area (Å²) < 4.78 is 0. The number of hydrogen-bond acceptors (Lipinski definition) is 2. The predicted molar refractivity (Wildman–Crippen MR) is 112 cm³/mol. The fourth-order valence-electron chi connectivity index (χ4n) is 4.96. The van der Waals surface area contributed by atoms with Crippen LogP contribution in [-0.2, 0) is 4.79 Å². The van der Waals surface area contributed by atoms with Gasteiger partial charge in [-0.15, -0.1) is 11.6 Å². The molecule has 2 rings (SSSR count). The highest BCUT2D eigenvalue weighted by Crippen LogP contribution is 2.45. The number of aliphatic hydroxyl groups excluding tert-OH is 1. The first-order valence-electron chi connectivity index (χ1n) is 10.8. The van der Waals surface area contributed by atoms with Crippen LogP contribution in [0.4, 0.5) is 0 Å². The molecule has 0 bridgehead atoms. The van der Waals surface area contributed by atoms with E-state index in [1.165, 1.54) is 38.5 Å². The number of allylic oxidation sites excluding steroid dienone is 3. The summed E-state index contributed by atoms with van der Waals surface area (Å²) in [6.07, 6.45) is 20.7. The summed E-state index contributed by atoms with van der Waals surface area (Å²) in [5.74, 6) is -0.339. The zero-order chi connectivity index (χ0) is 19.7. The number of carboxylic acids is 1. The summed E-state index contributed by atoms with van der Waals surface area (Å²) >= 11 is 6.50. The van der Waals surface area contributed by atoms with Crippen molar-refractivity contribution < 1.29 is 15.0 Å². The molecule has 0 heterocycles. The molecule has 2 saturated carbocycles. The Kier molecular flexibility index (Phi) is 9.38. The highest BCUT2D eigenvalue weighted by molar-refractivity contribution is 6.21. The molecule has 27 heavy (non-hydrogen) atoms. The lowest BCUT2D eigenvalue weighted by molar-refractivity contribution is -0.137. The van der Waals surface area contributed by atoms with E-state index in [0.29, 0.717) is 18.3 Å². The molecule has 4 heteroatoms. The van der Waals surface area contributed by atoms with Gasteiger partial charge in [-0.05, 0) is 62.7 Å². The maximum Gasteiger partial charge on any atom is 0.303 e. The van der Waals surface area contributed by atoms with Crippen molar-refractivity contribution in [1.29, 1.82) is 0 Å². The Bertz CT molecular complexity index is 508. The smallest absolute Gasteiger partial charge is 0.303 e. The van der Waals surface area contributed by atoms with E-state index in [2.05, 4.69) is 31.2 Å². The van der Waals surface area contributed by atoms with Crippen LogP contribution < -0.4 is 0 Å². The summed E-state index contributed by atoms with van der Waals surface area (Å²) in [6, 6.07) is 0. The summed E-state index contributed by atoms with van der Waals surface area (Å²) in [5, 5.41) is 19.1. The van der Waals surface area contributed by atoms with Crippen LogP contribution in [-0.4, -0.2) is 27.7 Å². The molecule has 0 saturated heterocycles.